The van der Waals surface area contributed by atoms with Gasteiger partial charge in [0.05, 0.1) is 23.0 Å². The van der Waals surface area contributed by atoms with Gasteiger partial charge in [0.25, 0.3) is 0 Å². The Bertz CT molecular complexity index is 975. The number of aromatic nitrogens is 3. The SMILES string of the molecule is CNCC(O)COc1cccc(-c2cc(NSN(C)C)c3cnn(C(C)C)c3n2)c1. The Labute approximate surface area is 181 Å². The van der Waals surface area contributed by atoms with Gasteiger partial charge in [-0.1, -0.05) is 12.1 Å². The minimum Gasteiger partial charge on any atom is -0.491 e. The minimum atomic E-state index is -0.563. The number of likely N-dealkylation sites (N-methyl/N-ethyl adjacent to an activating group) is 1. The lowest BCUT2D eigenvalue weighted by Gasteiger charge is -2.15. The fourth-order valence-electron chi connectivity index (χ4n) is 3.00. The predicted molar refractivity (Wildman–Crippen MR) is 124 cm³/mol. The lowest BCUT2D eigenvalue weighted by molar-refractivity contribution is 0.108. The molecule has 0 saturated heterocycles. The zero-order valence-corrected chi connectivity index (χ0v) is 18.9. The van der Waals surface area contributed by atoms with E-state index in [1.54, 1.807) is 7.05 Å². The van der Waals surface area contributed by atoms with Gasteiger partial charge in [-0.05, 0) is 53.2 Å². The van der Waals surface area contributed by atoms with Crippen LogP contribution in [-0.4, -0.2) is 64.6 Å². The third kappa shape index (κ3) is 5.42. The molecule has 3 aromatic rings. The van der Waals surface area contributed by atoms with Gasteiger partial charge in [0.1, 0.15) is 18.5 Å². The maximum atomic E-state index is 9.89. The first-order chi connectivity index (χ1) is 14.4. The van der Waals surface area contributed by atoms with Gasteiger partial charge < -0.3 is 19.9 Å². The summed E-state index contributed by atoms with van der Waals surface area (Å²) in [5.41, 5.74) is 3.55. The molecule has 0 spiro atoms. The zero-order chi connectivity index (χ0) is 21.7. The van der Waals surface area contributed by atoms with Gasteiger partial charge in [-0.15, -0.1) is 0 Å². The van der Waals surface area contributed by atoms with Crippen molar-refractivity contribution in [2.45, 2.75) is 26.0 Å². The van der Waals surface area contributed by atoms with Crippen LogP contribution in [0.5, 0.6) is 5.75 Å². The van der Waals surface area contributed by atoms with Crippen molar-refractivity contribution in [3.8, 4) is 17.0 Å². The second-order valence-electron chi connectivity index (χ2n) is 7.53. The maximum Gasteiger partial charge on any atom is 0.160 e. The van der Waals surface area contributed by atoms with E-state index in [1.165, 1.54) is 12.1 Å². The number of benzene rings is 1. The highest BCUT2D eigenvalue weighted by Gasteiger charge is 2.15. The lowest BCUT2D eigenvalue weighted by Crippen LogP contribution is -2.29. The number of hydrogen-bond acceptors (Lipinski definition) is 8. The van der Waals surface area contributed by atoms with Gasteiger partial charge in [0.2, 0.25) is 0 Å². The Kier molecular flexibility index (Phi) is 7.54. The molecule has 9 heteroatoms. The largest absolute Gasteiger partial charge is 0.491 e. The van der Waals surface area contributed by atoms with Gasteiger partial charge in [0, 0.05) is 30.3 Å². The molecular formula is C21H30N6O2S. The van der Waals surface area contributed by atoms with Crippen LogP contribution in [0.15, 0.2) is 36.5 Å². The molecule has 3 rings (SSSR count). The standard InChI is InChI=1S/C21H30N6O2S/c1-14(2)27-21-18(12-23-27)20(25-30-26(4)5)10-19(24-21)15-7-6-8-17(9-15)29-13-16(28)11-22-3/h6-10,12,14,16,22,28H,11,13H2,1-5H3,(H,24,25). The molecule has 0 saturated carbocycles. The third-order valence-corrected chi connectivity index (χ3v) is 5.08. The quantitative estimate of drug-likeness (QED) is 0.423. The zero-order valence-electron chi connectivity index (χ0n) is 18.1. The molecule has 0 amide bonds. The molecule has 3 N–H and O–H groups in total. The maximum absolute atomic E-state index is 9.89. The van der Waals surface area contributed by atoms with E-state index in [-0.39, 0.29) is 12.6 Å². The van der Waals surface area contributed by atoms with Crippen LogP contribution >= 0.6 is 12.1 Å². The Morgan fingerprint density at radius 3 is 2.77 bits per heavy atom. The lowest BCUT2D eigenvalue weighted by atomic mass is 10.1. The minimum absolute atomic E-state index is 0.197. The van der Waals surface area contributed by atoms with E-state index in [0.29, 0.717) is 12.3 Å². The second kappa shape index (κ2) is 10.1. The number of nitrogens with zero attached hydrogens (tertiary/aromatic N) is 4. The van der Waals surface area contributed by atoms with Gasteiger partial charge in [0.15, 0.2) is 5.65 Å². The summed E-state index contributed by atoms with van der Waals surface area (Å²) in [6.45, 7) is 4.89. The summed E-state index contributed by atoms with van der Waals surface area (Å²) >= 11 is 1.50. The number of rotatable bonds is 10. The van der Waals surface area contributed by atoms with E-state index in [1.807, 2.05) is 59.6 Å². The number of anilines is 1. The van der Waals surface area contributed by atoms with E-state index < -0.39 is 6.10 Å². The molecular weight excluding hydrogens is 400 g/mol. The summed E-state index contributed by atoms with van der Waals surface area (Å²) in [4.78, 5) is 4.90. The fourth-order valence-corrected chi connectivity index (χ4v) is 3.45. The van der Waals surface area contributed by atoms with Crippen LogP contribution in [0.4, 0.5) is 5.69 Å². The molecule has 2 aromatic heterocycles. The summed E-state index contributed by atoms with van der Waals surface area (Å²) in [7, 11) is 5.77. The van der Waals surface area contributed by atoms with Crippen LogP contribution in [0.3, 0.4) is 0 Å². The van der Waals surface area contributed by atoms with Crippen LogP contribution in [0.25, 0.3) is 22.3 Å². The summed E-state index contributed by atoms with van der Waals surface area (Å²) < 4.78 is 13.1. The Morgan fingerprint density at radius 2 is 2.07 bits per heavy atom. The number of nitrogens with one attached hydrogen (secondary N) is 2. The first-order valence-corrected chi connectivity index (χ1v) is 10.7. The van der Waals surface area contributed by atoms with Crippen LogP contribution in [0.1, 0.15) is 19.9 Å². The molecule has 0 aliphatic rings. The van der Waals surface area contributed by atoms with Crippen LogP contribution in [0, 0.1) is 0 Å². The Morgan fingerprint density at radius 1 is 1.27 bits per heavy atom. The van der Waals surface area contributed by atoms with Crippen molar-refractivity contribution in [2.24, 2.45) is 0 Å². The molecule has 8 nitrogen and oxygen atoms in total. The number of aliphatic hydroxyl groups is 1. The van der Waals surface area contributed by atoms with Crippen molar-refractivity contribution in [1.29, 1.82) is 0 Å². The summed E-state index contributed by atoms with van der Waals surface area (Å²) in [5.74, 6) is 0.694. The van der Waals surface area contributed by atoms with Crippen molar-refractivity contribution in [3.63, 3.8) is 0 Å². The van der Waals surface area contributed by atoms with Crippen molar-refractivity contribution in [3.05, 3.63) is 36.5 Å². The molecule has 1 atom stereocenters. The Balaban J connectivity index is 1.96. The molecule has 0 aliphatic heterocycles. The molecule has 0 radical (unpaired) electrons. The van der Waals surface area contributed by atoms with Crippen molar-refractivity contribution < 1.29 is 9.84 Å². The van der Waals surface area contributed by atoms with Gasteiger partial charge in [-0.3, -0.25) is 0 Å². The van der Waals surface area contributed by atoms with E-state index in [4.69, 9.17) is 9.72 Å². The molecule has 0 aliphatic carbocycles. The summed E-state index contributed by atoms with van der Waals surface area (Å²) in [6.07, 6.45) is 1.29. The number of fused-ring (bicyclic) bond motifs is 1. The van der Waals surface area contributed by atoms with Gasteiger partial charge in [-0.2, -0.15) is 5.10 Å². The van der Waals surface area contributed by atoms with Crippen molar-refractivity contribution in [2.75, 3.05) is 39.0 Å². The molecule has 0 bridgehead atoms. The number of hydrogen-bond donors (Lipinski definition) is 3. The van der Waals surface area contributed by atoms with E-state index in [2.05, 4.69) is 29.0 Å². The normalized spacial score (nSPS) is 12.7. The highest BCUT2D eigenvalue weighted by molar-refractivity contribution is 7.98. The van der Waals surface area contributed by atoms with E-state index in [9.17, 15) is 5.11 Å². The topological polar surface area (TPSA) is 87.5 Å². The summed E-state index contributed by atoms with van der Waals surface area (Å²) in [5, 5.41) is 18.3. The molecule has 2 heterocycles. The average Bonchev–Trinajstić information content (AvgIpc) is 3.15. The molecule has 30 heavy (non-hydrogen) atoms. The first kappa shape index (κ1) is 22.4. The van der Waals surface area contributed by atoms with Crippen molar-refractivity contribution >= 4 is 28.9 Å². The molecule has 1 aromatic carbocycles. The number of pyridine rings is 1. The summed E-state index contributed by atoms with van der Waals surface area (Å²) in [6, 6.07) is 9.99. The monoisotopic (exact) mass is 430 g/mol. The number of aliphatic hydroxyl groups excluding tert-OH is 1. The van der Waals surface area contributed by atoms with Crippen molar-refractivity contribution in [1.82, 2.24) is 24.4 Å². The fraction of sp³-hybridized carbons (Fsp3) is 0.429. The smallest absolute Gasteiger partial charge is 0.160 e. The number of ether oxygens (including phenoxy) is 1. The van der Waals surface area contributed by atoms with E-state index in [0.717, 1.165) is 28.0 Å². The average molecular weight is 431 g/mol. The van der Waals surface area contributed by atoms with Gasteiger partial charge in [-0.25, -0.2) is 14.0 Å². The first-order valence-electron chi connectivity index (χ1n) is 9.93. The second-order valence-corrected chi connectivity index (χ2v) is 8.65. The van der Waals surface area contributed by atoms with Crippen LogP contribution < -0.4 is 14.8 Å². The third-order valence-electron chi connectivity index (χ3n) is 4.41. The van der Waals surface area contributed by atoms with E-state index >= 15 is 0 Å². The Hall–Kier alpha value is -2.33. The highest BCUT2D eigenvalue weighted by Crippen LogP contribution is 2.32. The molecule has 0 fully saturated rings. The molecule has 162 valence electrons. The van der Waals surface area contributed by atoms with Gasteiger partial charge >= 0.3 is 0 Å². The van der Waals surface area contributed by atoms with Crippen LogP contribution in [0.2, 0.25) is 0 Å². The van der Waals surface area contributed by atoms with Crippen LogP contribution in [-0.2, 0) is 0 Å². The molecule has 1 unspecified atom stereocenters. The highest BCUT2D eigenvalue weighted by atomic mass is 32.2. The predicted octanol–water partition coefficient (Wildman–Crippen LogP) is 3.18.